The van der Waals surface area contributed by atoms with Crippen LogP contribution in [0.4, 0.5) is 4.79 Å². The maximum absolute atomic E-state index is 11.6. The zero-order chi connectivity index (χ0) is 17.8. The molecule has 1 amide bonds. The highest BCUT2D eigenvalue weighted by molar-refractivity contribution is 5.87. The van der Waals surface area contributed by atoms with Crippen LogP contribution >= 0.6 is 0 Å². The van der Waals surface area contributed by atoms with Crippen LogP contribution in [0.1, 0.15) is 18.9 Å². The van der Waals surface area contributed by atoms with Crippen molar-refractivity contribution in [3.8, 4) is 16.9 Å². The number of benzene rings is 2. The predicted molar refractivity (Wildman–Crippen MR) is 99.1 cm³/mol. The van der Waals surface area contributed by atoms with Gasteiger partial charge in [-0.05, 0) is 65.8 Å². The van der Waals surface area contributed by atoms with Gasteiger partial charge in [0.25, 0.3) is 0 Å². The van der Waals surface area contributed by atoms with Crippen LogP contribution in [0, 0.1) is 6.92 Å². The summed E-state index contributed by atoms with van der Waals surface area (Å²) in [5.74, 6) is 0.499. The average Bonchev–Trinajstić information content (AvgIpc) is 2.61. The van der Waals surface area contributed by atoms with E-state index >= 15 is 0 Å². The fourth-order valence-corrected chi connectivity index (χ4v) is 2.70. The van der Waals surface area contributed by atoms with Crippen molar-refractivity contribution < 1.29 is 9.53 Å². The fourth-order valence-electron chi connectivity index (χ4n) is 2.70. The molecule has 128 valence electrons. The number of carbonyl (C=O) groups is 1. The largest absolute Gasteiger partial charge is 0.412 e. The summed E-state index contributed by atoms with van der Waals surface area (Å²) in [6, 6.07) is 14.8. The molecule has 0 aliphatic carbocycles. The van der Waals surface area contributed by atoms with Crippen molar-refractivity contribution in [2.75, 3.05) is 6.54 Å². The molecule has 0 unspecified atom stereocenters. The van der Waals surface area contributed by atoms with E-state index in [1.807, 2.05) is 44.2 Å². The normalized spacial score (nSPS) is 10.6. The molecule has 1 aromatic heterocycles. The highest BCUT2D eigenvalue weighted by Gasteiger charge is 2.06. The van der Waals surface area contributed by atoms with Gasteiger partial charge in [0.2, 0.25) is 5.56 Å². The van der Waals surface area contributed by atoms with Gasteiger partial charge in [0, 0.05) is 12.6 Å². The Morgan fingerprint density at radius 1 is 1.08 bits per heavy atom. The van der Waals surface area contributed by atoms with Crippen LogP contribution in [0.15, 0.2) is 53.3 Å². The van der Waals surface area contributed by atoms with Gasteiger partial charge < -0.3 is 15.0 Å². The number of hydrogen-bond donors (Lipinski definition) is 2. The highest BCUT2D eigenvalue weighted by Crippen LogP contribution is 2.27. The molecule has 5 heteroatoms. The lowest BCUT2D eigenvalue weighted by molar-refractivity contribution is 0.200. The Balaban J connectivity index is 1.85. The summed E-state index contributed by atoms with van der Waals surface area (Å²) in [7, 11) is 0. The molecule has 0 bridgehead atoms. The lowest BCUT2D eigenvalue weighted by Crippen LogP contribution is -2.27. The Labute approximate surface area is 145 Å². The predicted octanol–water partition coefficient (Wildman–Crippen LogP) is 4.00. The van der Waals surface area contributed by atoms with E-state index in [0.717, 1.165) is 34.0 Å². The smallest absolute Gasteiger partial charge is 0.410 e. The molecule has 2 N–H and O–H groups in total. The summed E-state index contributed by atoms with van der Waals surface area (Å²) < 4.78 is 5.22. The fraction of sp³-hybridized carbons (Fsp3) is 0.200. The van der Waals surface area contributed by atoms with Gasteiger partial charge in [-0.2, -0.15) is 0 Å². The third-order valence-corrected chi connectivity index (χ3v) is 3.95. The molecule has 3 rings (SSSR count). The Morgan fingerprint density at radius 3 is 2.56 bits per heavy atom. The summed E-state index contributed by atoms with van der Waals surface area (Å²) in [4.78, 5) is 25.9. The number of aryl methyl sites for hydroxylation is 1. The third-order valence-electron chi connectivity index (χ3n) is 3.95. The molecule has 0 aliphatic heterocycles. The second-order valence-corrected chi connectivity index (χ2v) is 5.92. The number of ether oxygens (including phenoxy) is 1. The summed E-state index contributed by atoms with van der Waals surface area (Å²) in [5, 5.41) is 3.65. The number of hydrogen-bond acceptors (Lipinski definition) is 3. The molecule has 3 aromatic rings. The molecule has 0 saturated heterocycles. The van der Waals surface area contributed by atoms with Crippen LogP contribution in [-0.2, 0) is 0 Å². The number of rotatable bonds is 4. The summed E-state index contributed by atoms with van der Waals surface area (Å²) in [6.07, 6.45) is 0.417. The van der Waals surface area contributed by atoms with Gasteiger partial charge in [-0.15, -0.1) is 0 Å². The molecule has 5 nitrogen and oxygen atoms in total. The van der Waals surface area contributed by atoms with Crippen molar-refractivity contribution in [2.45, 2.75) is 20.3 Å². The summed E-state index contributed by atoms with van der Waals surface area (Å²) in [5.41, 5.74) is 3.80. The van der Waals surface area contributed by atoms with E-state index in [4.69, 9.17) is 4.74 Å². The van der Waals surface area contributed by atoms with Gasteiger partial charge in [0.05, 0.1) is 5.52 Å². The van der Waals surface area contributed by atoms with E-state index < -0.39 is 6.09 Å². The van der Waals surface area contributed by atoms with Crippen molar-refractivity contribution in [1.29, 1.82) is 0 Å². The number of amides is 1. The minimum atomic E-state index is -0.444. The molecule has 2 aromatic carbocycles. The Bertz CT molecular complexity index is 959. The molecule has 0 saturated carbocycles. The first-order valence-electron chi connectivity index (χ1n) is 8.26. The van der Waals surface area contributed by atoms with Crippen molar-refractivity contribution in [3.05, 3.63) is 64.4 Å². The Morgan fingerprint density at radius 2 is 1.84 bits per heavy atom. The maximum atomic E-state index is 11.6. The van der Waals surface area contributed by atoms with Crippen LogP contribution in [0.25, 0.3) is 22.0 Å². The number of nitrogens with one attached hydrogen (secondary N) is 2. The minimum absolute atomic E-state index is 0.105. The molecule has 0 radical (unpaired) electrons. The lowest BCUT2D eigenvalue weighted by atomic mass is 10.00. The van der Waals surface area contributed by atoms with Crippen LogP contribution in [0.2, 0.25) is 0 Å². The van der Waals surface area contributed by atoms with Crippen LogP contribution in [0.3, 0.4) is 0 Å². The summed E-state index contributed by atoms with van der Waals surface area (Å²) in [6.45, 7) is 4.54. The number of H-pyrrole nitrogens is 1. The van der Waals surface area contributed by atoms with E-state index in [1.165, 1.54) is 6.07 Å². The number of aromatic nitrogens is 1. The van der Waals surface area contributed by atoms with E-state index in [0.29, 0.717) is 12.3 Å². The summed E-state index contributed by atoms with van der Waals surface area (Å²) >= 11 is 0. The van der Waals surface area contributed by atoms with Gasteiger partial charge >= 0.3 is 6.09 Å². The highest BCUT2D eigenvalue weighted by atomic mass is 16.5. The lowest BCUT2D eigenvalue weighted by Gasteiger charge is -2.09. The van der Waals surface area contributed by atoms with Crippen molar-refractivity contribution in [3.63, 3.8) is 0 Å². The molecular weight excluding hydrogens is 316 g/mol. The molecule has 25 heavy (non-hydrogen) atoms. The average molecular weight is 336 g/mol. The second kappa shape index (κ2) is 7.21. The van der Waals surface area contributed by atoms with E-state index in [-0.39, 0.29) is 5.56 Å². The number of fused-ring (bicyclic) bond motifs is 1. The Hall–Kier alpha value is -3.08. The van der Waals surface area contributed by atoms with Gasteiger partial charge in [-0.1, -0.05) is 19.1 Å². The zero-order valence-electron chi connectivity index (χ0n) is 14.3. The molecule has 0 spiro atoms. The van der Waals surface area contributed by atoms with Crippen LogP contribution in [-0.4, -0.2) is 17.6 Å². The van der Waals surface area contributed by atoms with Gasteiger partial charge in [-0.3, -0.25) is 4.79 Å². The molecule has 0 aliphatic rings. The molecule has 1 heterocycles. The van der Waals surface area contributed by atoms with Crippen LogP contribution < -0.4 is 15.6 Å². The quantitative estimate of drug-likeness (QED) is 0.756. The van der Waals surface area contributed by atoms with E-state index in [1.54, 1.807) is 12.1 Å². The first-order valence-corrected chi connectivity index (χ1v) is 8.26. The maximum Gasteiger partial charge on any atom is 0.412 e. The van der Waals surface area contributed by atoms with Gasteiger partial charge in [0.1, 0.15) is 5.75 Å². The van der Waals surface area contributed by atoms with E-state index in [9.17, 15) is 9.59 Å². The van der Waals surface area contributed by atoms with Crippen molar-refractivity contribution in [2.24, 2.45) is 0 Å². The number of carbonyl (C=O) groups excluding carboxylic acids is 1. The standard InChI is InChI=1S/C20H20N2O3/c1-3-10-21-20(24)25-17-7-4-14(5-8-17)16-11-13(2)19-15(12-16)6-9-18(23)22-19/h4-9,11-12H,3,10H2,1-2H3,(H,21,24)(H,22,23). The first kappa shape index (κ1) is 16.8. The molecule has 0 atom stereocenters. The third kappa shape index (κ3) is 3.88. The minimum Gasteiger partial charge on any atom is -0.410 e. The monoisotopic (exact) mass is 336 g/mol. The van der Waals surface area contributed by atoms with Crippen molar-refractivity contribution >= 4 is 17.0 Å². The SMILES string of the molecule is CCCNC(=O)Oc1ccc(-c2cc(C)c3[nH]c(=O)ccc3c2)cc1. The van der Waals surface area contributed by atoms with Crippen LogP contribution in [0.5, 0.6) is 5.75 Å². The zero-order valence-corrected chi connectivity index (χ0v) is 14.3. The van der Waals surface area contributed by atoms with E-state index in [2.05, 4.69) is 10.3 Å². The number of pyridine rings is 1. The Kier molecular flexibility index (Phi) is 4.84. The topological polar surface area (TPSA) is 71.2 Å². The molecule has 0 fully saturated rings. The van der Waals surface area contributed by atoms with Gasteiger partial charge in [0.15, 0.2) is 0 Å². The first-order chi connectivity index (χ1) is 12.1. The van der Waals surface area contributed by atoms with Gasteiger partial charge in [-0.25, -0.2) is 4.79 Å². The van der Waals surface area contributed by atoms with Crippen molar-refractivity contribution in [1.82, 2.24) is 10.3 Å². The second-order valence-electron chi connectivity index (χ2n) is 5.92. The number of aromatic amines is 1. The molecular formula is C20H20N2O3.